The van der Waals surface area contributed by atoms with Gasteiger partial charge in [0.2, 0.25) is 0 Å². The van der Waals surface area contributed by atoms with Gasteiger partial charge in [0.15, 0.2) is 0 Å². The summed E-state index contributed by atoms with van der Waals surface area (Å²) in [5.41, 5.74) is 2.37. The van der Waals surface area contributed by atoms with Crippen molar-refractivity contribution in [3.8, 4) is 17.1 Å². The van der Waals surface area contributed by atoms with E-state index in [0.717, 1.165) is 10.0 Å². The zero-order chi connectivity index (χ0) is 22.9. The molecule has 2 aromatic carbocycles. The number of hydrogen-bond acceptors (Lipinski definition) is 5. The smallest absolute Gasteiger partial charge is 0.261 e. The zero-order valence-electron chi connectivity index (χ0n) is 17.1. The second kappa shape index (κ2) is 8.64. The highest BCUT2D eigenvalue weighted by molar-refractivity contribution is 9.10. The van der Waals surface area contributed by atoms with Crippen molar-refractivity contribution in [1.29, 1.82) is 0 Å². The summed E-state index contributed by atoms with van der Waals surface area (Å²) < 4.78 is 17.1. The van der Waals surface area contributed by atoms with Gasteiger partial charge in [0, 0.05) is 35.7 Å². The molecule has 166 valence electrons. The molecule has 3 heterocycles. The van der Waals surface area contributed by atoms with E-state index in [9.17, 15) is 14.3 Å². The molecule has 0 radical (unpaired) electrons. The van der Waals surface area contributed by atoms with Gasteiger partial charge in [-0.25, -0.2) is 14.4 Å². The lowest BCUT2D eigenvalue weighted by atomic mass is 10.1. The van der Waals surface area contributed by atoms with Crippen molar-refractivity contribution in [2.45, 2.75) is 6.10 Å². The van der Waals surface area contributed by atoms with Gasteiger partial charge in [-0.3, -0.25) is 4.79 Å². The van der Waals surface area contributed by atoms with Crippen LogP contribution >= 0.6 is 15.9 Å². The fourth-order valence-corrected chi connectivity index (χ4v) is 4.05. The van der Waals surface area contributed by atoms with Crippen LogP contribution < -0.4 is 10.9 Å². The molecular formula is C23H18BrFN6O2. The number of aliphatic hydroxyl groups is 1. The molecule has 0 amide bonds. The van der Waals surface area contributed by atoms with E-state index >= 15 is 0 Å². The molecule has 0 saturated heterocycles. The van der Waals surface area contributed by atoms with Crippen LogP contribution in [0.15, 0.2) is 76.6 Å². The van der Waals surface area contributed by atoms with Crippen LogP contribution in [-0.4, -0.2) is 36.2 Å². The van der Waals surface area contributed by atoms with Gasteiger partial charge in [0.25, 0.3) is 5.56 Å². The number of nitrogens with one attached hydrogen (secondary N) is 3. The highest BCUT2D eigenvalue weighted by atomic mass is 79.9. The van der Waals surface area contributed by atoms with Crippen LogP contribution in [0, 0.1) is 5.82 Å². The number of imidazole rings is 2. The number of fused-ring (bicyclic) bond motifs is 1. The molecule has 8 nitrogen and oxygen atoms in total. The van der Waals surface area contributed by atoms with E-state index in [0.29, 0.717) is 22.4 Å². The molecule has 0 fully saturated rings. The topological polar surface area (TPSA) is 112 Å². The number of halogens is 2. The van der Waals surface area contributed by atoms with Gasteiger partial charge in [-0.2, -0.15) is 0 Å². The SMILES string of the molecule is O=c1[nH]ccc(NCC(O)c2cccc(Br)c2)c1-c1nc2cc(-n3ccnc3)c(F)cc2[nH]1. The molecule has 1 atom stereocenters. The maximum atomic E-state index is 14.6. The minimum absolute atomic E-state index is 0.173. The summed E-state index contributed by atoms with van der Waals surface area (Å²) in [7, 11) is 0. The third kappa shape index (κ3) is 4.18. The summed E-state index contributed by atoms with van der Waals surface area (Å²) >= 11 is 3.40. The van der Waals surface area contributed by atoms with Crippen molar-refractivity contribution in [3.63, 3.8) is 0 Å². The van der Waals surface area contributed by atoms with Crippen molar-refractivity contribution >= 4 is 32.7 Å². The molecule has 10 heteroatoms. The Labute approximate surface area is 195 Å². The number of hydrogen-bond donors (Lipinski definition) is 4. The lowest BCUT2D eigenvalue weighted by molar-refractivity contribution is 0.191. The Kier molecular flexibility index (Phi) is 5.53. The van der Waals surface area contributed by atoms with Crippen molar-refractivity contribution in [2.75, 3.05) is 11.9 Å². The maximum Gasteiger partial charge on any atom is 0.261 e. The fraction of sp³-hybridized carbons (Fsp3) is 0.0870. The molecule has 0 spiro atoms. The summed E-state index contributed by atoms with van der Waals surface area (Å²) in [4.78, 5) is 26.8. The number of aromatic nitrogens is 5. The van der Waals surface area contributed by atoms with Crippen LogP contribution in [0.5, 0.6) is 0 Å². The number of H-pyrrole nitrogens is 2. The molecule has 3 aromatic heterocycles. The number of pyridine rings is 1. The van der Waals surface area contributed by atoms with E-state index in [4.69, 9.17) is 0 Å². The molecule has 5 rings (SSSR count). The summed E-state index contributed by atoms with van der Waals surface area (Å²) in [6, 6.07) is 12.0. The Morgan fingerprint density at radius 2 is 2.12 bits per heavy atom. The molecule has 5 aromatic rings. The highest BCUT2D eigenvalue weighted by Crippen LogP contribution is 2.27. The van der Waals surface area contributed by atoms with Crippen LogP contribution in [0.25, 0.3) is 28.1 Å². The molecule has 33 heavy (non-hydrogen) atoms. The first-order valence-electron chi connectivity index (χ1n) is 10.1. The van der Waals surface area contributed by atoms with Crippen LogP contribution in [0.4, 0.5) is 10.1 Å². The molecular weight excluding hydrogens is 491 g/mol. The summed E-state index contributed by atoms with van der Waals surface area (Å²) in [6.07, 6.45) is 5.41. The molecule has 0 aliphatic carbocycles. The van der Waals surface area contributed by atoms with Crippen LogP contribution in [0.2, 0.25) is 0 Å². The van der Waals surface area contributed by atoms with Crippen molar-refractivity contribution < 1.29 is 9.50 Å². The quantitative estimate of drug-likeness (QED) is 0.275. The number of anilines is 1. The number of rotatable bonds is 6. The number of nitrogens with zero attached hydrogens (tertiary/aromatic N) is 3. The Morgan fingerprint density at radius 3 is 2.91 bits per heavy atom. The van der Waals surface area contributed by atoms with Gasteiger partial charge in [-0.15, -0.1) is 0 Å². The van der Waals surface area contributed by atoms with E-state index < -0.39 is 11.9 Å². The summed E-state index contributed by atoms with van der Waals surface area (Å²) in [5.74, 6) is -0.165. The van der Waals surface area contributed by atoms with E-state index in [2.05, 4.69) is 41.2 Å². The zero-order valence-corrected chi connectivity index (χ0v) is 18.7. The average Bonchev–Trinajstić information content (AvgIpc) is 3.46. The second-order valence-corrected chi connectivity index (χ2v) is 8.34. The molecule has 0 saturated carbocycles. The predicted molar refractivity (Wildman–Crippen MR) is 127 cm³/mol. The van der Waals surface area contributed by atoms with Crippen molar-refractivity contribution in [2.24, 2.45) is 0 Å². The third-order valence-corrected chi connectivity index (χ3v) is 5.74. The first-order valence-corrected chi connectivity index (χ1v) is 10.9. The van der Waals surface area contributed by atoms with Gasteiger partial charge in [-0.05, 0) is 29.8 Å². The second-order valence-electron chi connectivity index (χ2n) is 7.42. The molecule has 0 bridgehead atoms. The minimum atomic E-state index is -0.794. The first kappa shape index (κ1) is 21.1. The molecule has 0 aliphatic heterocycles. The standard InChI is InChI=1S/C23H18BrFN6O2/c24-14-3-1-2-13(8-14)20(32)11-28-16-4-5-27-23(33)21(16)22-29-17-9-15(25)19(10-18(17)30-22)31-7-6-26-12-31/h1-10,12,20,32H,11H2,(H,29,30)(H2,27,28,33). The molecule has 1 unspecified atom stereocenters. The normalized spacial score (nSPS) is 12.2. The fourth-order valence-electron chi connectivity index (χ4n) is 3.64. The first-order chi connectivity index (χ1) is 16.0. The predicted octanol–water partition coefficient (Wildman–Crippen LogP) is 4.15. The van der Waals surface area contributed by atoms with Crippen LogP contribution in [0.3, 0.4) is 0 Å². The molecule has 0 aliphatic rings. The van der Waals surface area contributed by atoms with Gasteiger partial charge >= 0.3 is 0 Å². The van der Waals surface area contributed by atoms with Gasteiger partial charge < -0.3 is 25.0 Å². The maximum absolute atomic E-state index is 14.6. The average molecular weight is 509 g/mol. The monoisotopic (exact) mass is 508 g/mol. The Balaban J connectivity index is 1.49. The van der Waals surface area contributed by atoms with Crippen molar-refractivity contribution in [1.82, 2.24) is 24.5 Å². The number of aromatic amines is 2. The Hall–Kier alpha value is -3.76. The van der Waals surface area contributed by atoms with Crippen LogP contribution in [-0.2, 0) is 0 Å². The van der Waals surface area contributed by atoms with E-state index in [1.165, 1.54) is 18.6 Å². The third-order valence-electron chi connectivity index (χ3n) is 5.25. The van der Waals surface area contributed by atoms with Gasteiger partial charge in [0.05, 0.1) is 34.8 Å². The van der Waals surface area contributed by atoms with E-state index in [1.54, 1.807) is 29.1 Å². The summed E-state index contributed by atoms with van der Waals surface area (Å²) in [6.45, 7) is 0.173. The number of benzene rings is 2. The summed E-state index contributed by atoms with van der Waals surface area (Å²) in [5, 5.41) is 13.7. The molecule has 4 N–H and O–H groups in total. The van der Waals surface area contributed by atoms with Crippen molar-refractivity contribution in [3.05, 3.63) is 93.6 Å². The van der Waals surface area contributed by atoms with E-state index in [-0.39, 0.29) is 23.5 Å². The van der Waals surface area contributed by atoms with E-state index in [1.807, 2.05) is 24.3 Å². The van der Waals surface area contributed by atoms with Gasteiger partial charge in [-0.1, -0.05) is 28.1 Å². The Bertz CT molecular complexity index is 1490. The Morgan fingerprint density at radius 1 is 1.24 bits per heavy atom. The minimum Gasteiger partial charge on any atom is -0.387 e. The number of aliphatic hydroxyl groups excluding tert-OH is 1. The lowest BCUT2D eigenvalue weighted by Gasteiger charge is -2.15. The van der Waals surface area contributed by atoms with Gasteiger partial charge in [0.1, 0.15) is 17.2 Å². The van der Waals surface area contributed by atoms with Crippen LogP contribution in [0.1, 0.15) is 11.7 Å². The lowest BCUT2D eigenvalue weighted by Crippen LogP contribution is -2.17. The highest BCUT2D eigenvalue weighted by Gasteiger charge is 2.17. The largest absolute Gasteiger partial charge is 0.387 e.